The van der Waals surface area contributed by atoms with Crippen LogP contribution in [0.15, 0.2) is 41.3 Å². The van der Waals surface area contributed by atoms with Gasteiger partial charge in [-0.1, -0.05) is 0 Å². The van der Waals surface area contributed by atoms with Crippen molar-refractivity contribution in [1.82, 2.24) is 0 Å². The van der Waals surface area contributed by atoms with Crippen LogP contribution < -0.4 is 0 Å². The van der Waals surface area contributed by atoms with Gasteiger partial charge in [0, 0.05) is 10.6 Å². The second kappa shape index (κ2) is 6.37. The normalized spacial score (nSPS) is 10.1. The van der Waals surface area contributed by atoms with Crippen LogP contribution in [0.3, 0.4) is 0 Å². The Labute approximate surface area is 123 Å². The van der Waals surface area contributed by atoms with Crippen molar-refractivity contribution >= 4 is 17.7 Å². The highest BCUT2D eigenvalue weighted by Gasteiger charge is 2.11. The standard InChI is InChI=1S/C15H9F2NO2S/c16-13-3-1-9(7-18)5-10(13)8-21-11-2-4-14(17)12(6-11)15(19)20/h1-6H,8H2,(H,19,20). The van der Waals surface area contributed by atoms with Crippen molar-refractivity contribution in [2.24, 2.45) is 0 Å². The summed E-state index contributed by atoms with van der Waals surface area (Å²) >= 11 is 1.17. The molecule has 0 aromatic heterocycles. The third-order valence-electron chi connectivity index (χ3n) is 2.74. The average molecular weight is 305 g/mol. The van der Waals surface area contributed by atoms with E-state index >= 15 is 0 Å². The molecule has 1 N–H and O–H groups in total. The van der Waals surface area contributed by atoms with E-state index in [1.54, 1.807) is 0 Å². The third kappa shape index (κ3) is 3.58. The first-order valence-electron chi connectivity index (χ1n) is 5.85. The number of rotatable bonds is 4. The number of carboxylic acid groups (broad SMARTS) is 1. The summed E-state index contributed by atoms with van der Waals surface area (Å²) in [6.07, 6.45) is 0. The van der Waals surface area contributed by atoms with Gasteiger partial charge in [-0.15, -0.1) is 11.8 Å². The van der Waals surface area contributed by atoms with Gasteiger partial charge < -0.3 is 5.11 Å². The Morgan fingerprint density at radius 2 is 1.90 bits per heavy atom. The van der Waals surface area contributed by atoms with Gasteiger partial charge in [-0.25, -0.2) is 13.6 Å². The molecular formula is C15H9F2NO2S. The van der Waals surface area contributed by atoms with Crippen molar-refractivity contribution in [3.8, 4) is 6.07 Å². The lowest BCUT2D eigenvalue weighted by atomic mass is 10.1. The van der Waals surface area contributed by atoms with Crippen molar-refractivity contribution in [2.45, 2.75) is 10.6 Å². The lowest BCUT2D eigenvalue weighted by Crippen LogP contribution is -2.00. The second-order valence-corrected chi connectivity index (χ2v) is 5.20. The summed E-state index contributed by atoms with van der Waals surface area (Å²) in [5.41, 5.74) is 0.254. The summed E-state index contributed by atoms with van der Waals surface area (Å²) < 4.78 is 26.9. The van der Waals surface area contributed by atoms with Gasteiger partial charge in [0.25, 0.3) is 0 Å². The summed E-state index contributed by atoms with van der Waals surface area (Å²) in [7, 11) is 0. The molecule has 0 spiro atoms. The van der Waals surface area contributed by atoms with Gasteiger partial charge in [0.05, 0.1) is 17.2 Å². The molecule has 0 heterocycles. The first-order chi connectivity index (χ1) is 10.0. The van der Waals surface area contributed by atoms with Crippen LogP contribution >= 0.6 is 11.8 Å². The number of hydrogen-bond acceptors (Lipinski definition) is 3. The van der Waals surface area contributed by atoms with E-state index in [2.05, 4.69) is 0 Å². The van der Waals surface area contributed by atoms with Crippen LogP contribution in [-0.4, -0.2) is 11.1 Å². The second-order valence-electron chi connectivity index (χ2n) is 4.15. The molecule has 3 nitrogen and oxygen atoms in total. The summed E-state index contributed by atoms with van der Waals surface area (Å²) in [4.78, 5) is 11.4. The monoisotopic (exact) mass is 305 g/mol. The molecule has 0 unspecified atom stereocenters. The number of carboxylic acids is 1. The lowest BCUT2D eigenvalue weighted by molar-refractivity contribution is 0.0691. The van der Waals surface area contributed by atoms with Gasteiger partial charge in [-0.2, -0.15) is 5.26 Å². The molecule has 106 valence electrons. The largest absolute Gasteiger partial charge is 0.478 e. The molecule has 2 aromatic carbocycles. The number of benzene rings is 2. The number of hydrogen-bond donors (Lipinski definition) is 1. The molecule has 0 bridgehead atoms. The maximum Gasteiger partial charge on any atom is 0.338 e. The van der Waals surface area contributed by atoms with Crippen LogP contribution in [0.25, 0.3) is 0 Å². The van der Waals surface area contributed by atoms with Crippen LogP contribution in [0.2, 0.25) is 0 Å². The number of nitrogens with zero attached hydrogens (tertiary/aromatic N) is 1. The molecule has 6 heteroatoms. The van der Waals surface area contributed by atoms with E-state index < -0.39 is 23.2 Å². The molecule has 0 aliphatic carbocycles. The quantitative estimate of drug-likeness (QED) is 0.872. The zero-order valence-electron chi connectivity index (χ0n) is 10.6. The number of nitriles is 1. The molecule has 0 fully saturated rings. The lowest BCUT2D eigenvalue weighted by Gasteiger charge is -2.05. The van der Waals surface area contributed by atoms with Gasteiger partial charge in [0.1, 0.15) is 11.6 Å². The van der Waals surface area contributed by atoms with Gasteiger partial charge in [0.2, 0.25) is 0 Å². The smallest absolute Gasteiger partial charge is 0.338 e. The molecule has 2 aromatic rings. The maximum absolute atomic E-state index is 13.6. The SMILES string of the molecule is N#Cc1ccc(F)c(CSc2ccc(F)c(C(=O)O)c2)c1. The van der Waals surface area contributed by atoms with Crippen LogP contribution in [0.4, 0.5) is 8.78 Å². The minimum Gasteiger partial charge on any atom is -0.478 e. The van der Waals surface area contributed by atoms with Gasteiger partial charge >= 0.3 is 5.97 Å². The first-order valence-corrected chi connectivity index (χ1v) is 6.84. The summed E-state index contributed by atoms with van der Waals surface area (Å²) in [5, 5.41) is 17.6. The van der Waals surface area contributed by atoms with Crippen molar-refractivity contribution in [2.75, 3.05) is 0 Å². The van der Waals surface area contributed by atoms with Gasteiger partial charge in [-0.05, 0) is 42.0 Å². The molecule has 0 radical (unpaired) electrons. The van der Waals surface area contributed by atoms with Crippen LogP contribution in [0.1, 0.15) is 21.5 Å². The number of aromatic carboxylic acids is 1. The fraction of sp³-hybridized carbons (Fsp3) is 0.0667. The minimum absolute atomic E-state index is 0.214. The topological polar surface area (TPSA) is 61.1 Å². The first kappa shape index (κ1) is 15.0. The number of thioether (sulfide) groups is 1. The molecule has 21 heavy (non-hydrogen) atoms. The Kier molecular flexibility index (Phi) is 4.55. The van der Waals surface area contributed by atoms with E-state index in [1.807, 2.05) is 6.07 Å². The van der Waals surface area contributed by atoms with E-state index in [9.17, 15) is 13.6 Å². The highest BCUT2D eigenvalue weighted by Crippen LogP contribution is 2.26. The van der Waals surface area contributed by atoms with E-state index in [-0.39, 0.29) is 5.75 Å². The minimum atomic E-state index is -1.35. The van der Waals surface area contributed by atoms with Crippen molar-refractivity contribution in [3.63, 3.8) is 0 Å². The molecule has 0 aliphatic heterocycles. The predicted molar refractivity (Wildman–Crippen MR) is 74.0 cm³/mol. The summed E-state index contributed by atoms with van der Waals surface area (Å²) in [6.45, 7) is 0. The zero-order valence-corrected chi connectivity index (χ0v) is 11.5. The predicted octanol–water partition coefficient (Wildman–Crippen LogP) is 3.83. The Bertz CT molecular complexity index is 741. The van der Waals surface area contributed by atoms with Crippen molar-refractivity contribution < 1.29 is 18.7 Å². The molecule has 0 amide bonds. The highest BCUT2D eigenvalue weighted by atomic mass is 32.2. The Morgan fingerprint density at radius 3 is 2.57 bits per heavy atom. The fourth-order valence-corrected chi connectivity index (χ4v) is 2.58. The molecule has 2 rings (SSSR count). The molecule has 0 saturated carbocycles. The molecule has 0 aliphatic rings. The zero-order chi connectivity index (χ0) is 15.4. The van der Waals surface area contributed by atoms with E-state index in [0.29, 0.717) is 16.0 Å². The maximum atomic E-state index is 13.6. The van der Waals surface area contributed by atoms with E-state index in [0.717, 1.165) is 6.07 Å². The van der Waals surface area contributed by atoms with Crippen LogP contribution in [0.5, 0.6) is 0 Å². The summed E-state index contributed by atoms with van der Waals surface area (Å²) in [6, 6.07) is 9.64. The van der Waals surface area contributed by atoms with Gasteiger partial charge in [-0.3, -0.25) is 0 Å². The van der Waals surface area contributed by atoms with Crippen LogP contribution in [0, 0.1) is 23.0 Å². The highest BCUT2D eigenvalue weighted by molar-refractivity contribution is 7.98. The Hall–Kier alpha value is -2.39. The molecular weight excluding hydrogens is 296 g/mol. The molecule has 0 atom stereocenters. The third-order valence-corrected chi connectivity index (χ3v) is 3.78. The number of carbonyl (C=O) groups is 1. The van der Waals surface area contributed by atoms with Crippen molar-refractivity contribution in [1.29, 1.82) is 5.26 Å². The Balaban J connectivity index is 2.19. The van der Waals surface area contributed by atoms with Gasteiger partial charge in [0.15, 0.2) is 0 Å². The Morgan fingerprint density at radius 1 is 1.19 bits per heavy atom. The number of halogens is 2. The van der Waals surface area contributed by atoms with E-state index in [1.165, 1.54) is 42.1 Å². The van der Waals surface area contributed by atoms with Crippen molar-refractivity contribution in [3.05, 3.63) is 64.7 Å². The summed E-state index contributed by atoms with van der Waals surface area (Å²) in [5.74, 6) is -2.40. The van der Waals surface area contributed by atoms with Crippen LogP contribution in [-0.2, 0) is 5.75 Å². The van der Waals surface area contributed by atoms with E-state index in [4.69, 9.17) is 10.4 Å². The fourth-order valence-electron chi connectivity index (χ4n) is 1.67. The average Bonchev–Trinajstić information content (AvgIpc) is 2.47. The molecule has 0 saturated heterocycles.